The lowest BCUT2D eigenvalue weighted by atomic mass is 10.1. The van der Waals surface area contributed by atoms with Crippen LogP contribution < -0.4 is 16.0 Å². The van der Waals surface area contributed by atoms with Crippen LogP contribution in [-0.4, -0.2) is 17.7 Å². The molecule has 6 nitrogen and oxygen atoms in total. The van der Waals surface area contributed by atoms with Gasteiger partial charge in [-0.15, -0.1) is 11.8 Å². The Balaban J connectivity index is 1.38. The lowest BCUT2D eigenvalue weighted by Crippen LogP contribution is -2.30. The predicted octanol–water partition coefficient (Wildman–Crippen LogP) is 8.53. The van der Waals surface area contributed by atoms with Crippen molar-refractivity contribution >= 4 is 58.5 Å². The summed E-state index contributed by atoms with van der Waals surface area (Å²) in [5, 5.41) is 8.56. The Morgan fingerprint density at radius 1 is 0.733 bits per heavy atom. The summed E-state index contributed by atoms with van der Waals surface area (Å²) in [5.41, 5.74) is 4.06. The SMILES string of the molecule is Cc1ccccc1NC(=O)C(Sc1cccc(NC(=O)/C(=C\c2ccccc2Cl)NC(=O)c2ccccc2)c1)c1ccccc1. The molecule has 5 aromatic carbocycles. The number of thioether (sulfide) groups is 1. The molecule has 0 aromatic heterocycles. The zero-order valence-corrected chi connectivity index (χ0v) is 25.9. The Morgan fingerprint density at radius 3 is 2.13 bits per heavy atom. The molecule has 1 unspecified atom stereocenters. The van der Waals surface area contributed by atoms with Crippen molar-refractivity contribution in [2.75, 3.05) is 10.6 Å². The number of rotatable bonds is 10. The fraction of sp³-hybridized carbons (Fsp3) is 0.0541. The summed E-state index contributed by atoms with van der Waals surface area (Å²) in [6.07, 6.45) is 1.54. The van der Waals surface area contributed by atoms with Crippen molar-refractivity contribution < 1.29 is 14.4 Å². The second kappa shape index (κ2) is 15.1. The molecule has 0 saturated heterocycles. The first-order valence-corrected chi connectivity index (χ1v) is 15.5. The molecule has 224 valence electrons. The van der Waals surface area contributed by atoms with E-state index in [1.165, 1.54) is 11.8 Å². The number of nitrogens with one attached hydrogen (secondary N) is 3. The largest absolute Gasteiger partial charge is 0.325 e. The third-order valence-corrected chi connectivity index (χ3v) is 8.42. The van der Waals surface area contributed by atoms with Gasteiger partial charge in [-0.2, -0.15) is 0 Å². The van der Waals surface area contributed by atoms with Crippen LogP contribution >= 0.6 is 23.4 Å². The Morgan fingerprint density at radius 2 is 1.40 bits per heavy atom. The molecular weight excluding hydrogens is 602 g/mol. The van der Waals surface area contributed by atoms with Crippen LogP contribution in [0.5, 0.6) is 0 Å². The van der Waals surface area contributed by atoms with Crippen LogP contribution in [0.3, 0.4) is 0 Å². The summed E-state index contributed by atoms with van der Waals surface area (Å²) in [5.74, 6) is -1.12. The van der Waals surface area contributed by atoms with E-state index < -0.39 is 17.1 Å². The van der Waals surface area contributed by atoms with Crippen LogP contribution in [0.2, 0.25) is 5.02 Å². The van der Waals surface area contributed by atoms with E-state index in [1.54, 1.807) is 72.8 Å². The quantitative estimate of drug-likeness (QED) is 0.106. The van der Waals surface area contributed by atoms with Crippen LogP contribution in [0.15, 0.2) is 144 Å². The summed E-state index contributed by atoms with van der Waals surface area (Å²) >= 11 is 7.74. The lowest BCUT2D eigenvalue weighted by molar-refractivity contribution is -0.116. The predicted molar refractivity (Wildman–Crippen MR) is 183 cm³/mol. The first-order chi connectivity index (χ1) is 21.9. The number of hydrogen-bond acceptors (Lipinski definition) is 4. The molecule has 0 saturated carbocycles. The van der Waals surface area contributed by atoms with E-state index >= 15 is 0 Å². The number of carbonyl (C=O) groups excluding carboxylic acids is 3. The Labute approximate surface area is 271 Å². The fourth-order valence-corrected chi connectivity index (χ4v) is 5.76. The number of anilines is 2. The van der Waals surface area contributed by atoms with Gasteiger partial charge >= 0.3 is 0 Å². The van der Waals surface area contributed by atoms with Crippen molar-refractivity contribution in [1.82, 2.24) is 5.32 Å². The van der Waals surface area contributed by atoms with Gasteiger partial charge in [0, 0.05) is 26.9 Å². The second-order valence-electron chi connectivity index (χ2n) is 10.1. The van der Waals surface area contributed by atoms with E-state index in [9.17, 15) is 14.4 Å². The summed E-state index contributed by atoms with van der Waals surface area (Å²) in [4.78, 5) is 40.9. The number of carbonyl (C=O) groups is 3. The Kier molecular flexibility index (Phi) is 10.5. The van der Waals surface area contributed by atoms with Gasteiger partial charge in [0.05, 0.1) is 0 Å². The zero-order valence-electron chi connectivity index (χ0n) is 24.4. The van der Waals surface area contributed by atoms with Crippen molar-refractivity contribution in [3.05, 3.63) is 166 Å². The van der Waals surface area contributed by atoms with Gasteiger partial charge in [-0.3, -0.25) is 14.4 Å². The molecule has 45 heavy (non-hydrogen) atoms. The van der Waals surface area contributed by atoms with Gasteiger partial charge in [0.1, 0.15) is 10.9 Å². The van der Waals surface area contributed by atoms with Crippen LogP contribution in [-0.2, 0) is 9.59 Å². The molecule has 3 N–H and O–H groups in total. The van der Waals surface area contributed by atoms with Crippen molar-refractivity contribution in [2.45, 2.75) is 17.1 Å². The number of amides is 3. The number of benzene rings is 5. The molecule has 0 aliphatic carbocycles. The van der Waals surface area contributed by atoms with E-state index in [0.717, 1.165) is 21.7 Å². The summed E-state index contributed by atoms with van der Waals surface area (Å²) in [7, 11) is 0. The molecule has 5 rings (SSSR count). The maximum atomic E-state index is 13.6. The van der Waals surface area contributed by atoms with E-state index in [0.29, 0.717) is 21.8 Å². The highest BCUT2D eigenvalue weighted by molar-refractivity contribution is 8.00. The molecule has 0 fully saturated rings. The highest BCUT2D eigenvalue weighted by atomic mass is 35.5. The van der Waals surface area contributed by atoms with E-state index in [-0.39, 0.29) is 11.6 Å². The van der Waals surface area contributed by atoms with E-state index in [4.69, 9.17) is 11.6 Å². The first kappa shape index (κ1) is 31.3. The number of para-hydroxylation sites is 1. The molecular formula is C37H30ClN3O3S. The van der Waals surface area contributed by atoms with Gasteiger partial charge in [-0.25, -0.2) is 0 Å². The molecule has 0 heterocycles. The number of aryl methyl sites for hydroxylation is 1. The van der Waals surface area contributed by atoms with Gasteiger partial charge in [0.25, 0.3) is 11.8 Å². The van der Waals surface area contributed by atoms with Gasteiger partial charge in [0.15, 0.2) is 0 Å². The minimum atomic E-state index is -0.558. The summed E-state index contributed by atoms with van der Waals surface area (Å²) < 4.78 is 0. The van der Waals surface area contributed by atoms with Crippen LogP contribution in [0.1, 0.15) is 32.3 Å². The first-order valence-electron chi connectivity index (χ1n) is 14.2. The molecule has 1 atom stereocenters. The van der Waals surface area contributed by atoms with E-state index in [1.807, 2.05) is 73.7 Å². The average Bonchev–Trinajstić information content (AvgIpc) is 3.06. The molecule has 0 aliphatic heterocycles. The molecule has 5 aromatic rings. The minimum Gasteiger partial charge on any atom is -0.325 e. The van der Waals surface area contributed by atoms with Gasteiger partial charge < -0.3 is 16.0 Å². The normalized spacial score (nSPS) is 11.7. The smallest absolute Gasteiger partial charge is 0.272 e. The number of halogens is 1. The maximum absolute atomic E-state index is 13.6. The third-order valence-electron chi connectivity index (χ3n) is 6.82. The Bertz CT molecular complexity index is 1840. The van der Waals surface area contributed by atoms with Crippen molar-refractivity contribution in [3.63, 3.8) is 0 Å². The van der Waals surface area contributed by atoms with Crippen molar-refractivity contribution in [3.8, 4) is 0 Å². The van der Waals surface area contributed by atoms with Crippen LogP contribution in [0.4, 0.5) is 11.4 Å². The fourth-order valence-electron chi connectivity index (χ4n) is 4.48. The minimum absolute atomic E-state index is 0.0229. The molecule has 8 heteroatoms. The van der Waals surface area contributed by atoms with Gasteiger partial charge in [-0.1, -0.05) is 103 Å². The van der Waals surface area contributed by atoms with Gasteiger partial charge in [-0.05, 0) is 72.2 Å². The topological polar surface area (TPSA) is 87.3 Å². The van der Waals surface area contributed by atoms with E-state index in [2.05, 4.69) is 16.0 Å². The molecule has 3 amide bonds. The maximum Gasteiger partial charge on any atom is 0.272 e. The monoisotopic (exact) mass is 631 g/mol. The molecule has 0 aliphatic rings. The van der Waals surface area contributed by atoms with Crippen molar-refractivity contribution in [2.24, 2.45) is 0 Å². The molecule has 0 spiro atoms. The highest BCUT2D eigenvalue weighted by Gasteiger charge is 2.23. The number of hydrogen-bond donors (Lipinski definition) is 3. The lowest BCUT2D eigenvalue weighted by Gasteiger charge is -2.18. The van der Waals surface area contributed by atoms with Crippen molar-refractivity contribution in [1.29, 1.82) is 0 Å². The molecule has 0 bridgehead atoms. The second-order valence-corrected chi connectivity index (χ2v) is 11.7. The summed E-state index contributed by atoms with van der Waals surface area (Å²) in [6, 6.07) is 40.1. The zero-order chi connectivity index (χ0) is 31.6. The third kappa shape index (κ3) is 8.50. The molecule has 0 radical (unpaired) electrons. The van der Waals surface area contributed by atoms with Crippen LogP contribution in [0, 0.1) is 6.92 Å². The van der Waals surface area contributed by atoms with Gasteiger partial charge in [0.2, 0.25) is 5.91 Å². The van der Waals surface area contributed by atoms with Crippen LogP contribution in [0.25, 0.3) is 6.08 Å². The highest BCUT2D eigenvalue weighted by Crippen LogP contribution is 2.37. The standard InChI is InChI=1S/C37H30ClN3O3S/c1-25-13-8-11-22-32(25)40-37(44)34(26-14-4-2-5-15-26)45-30-20-12-19-29(24-30)39-36(43)33(23-28-18-9-10-21-31(28)38)41-35(42)27-16-6-3-7-17-27/h2-24,34H,1H3,(H,39,43)(H,40,44)(H,41,42)/b33-23+. The summed E-state index contributed by atoms with van der Waals surface area (Å²) in [6.45, 7) is 1.95. The average molecular weight is 632 g/mol. The Hall–Kier alpha value is -5.11.